The molecular formula is C25H27ClF2N4O2. The van der Waals surface area contributed by atoms with Crippen LogP contribution in [0, 0.1) is 17.7 Å². The number of nitrogens with zero attached hydrogens (tertiary/aromatic N) is 3. The highest BCUT2D eigenvalue weighted by molar-refractivity contribution is 6.30. The van der Waals surface area contributed by atoms with Crippen LogP contribution in [-0.4, -0.2) is 57.2 Å². The van der Waals surface area contributed by atoms with Crippen LogP contribution in [0.4, 0.5) is 8.78 Å². The predicted molar refractivity (Wildman–Crippen MR) is 126 cm³/mol. The van der Waals surface area contributed by atoms with E-state index >= 15 is 0 Å². The van der Waals surface area contributed by atoms with Gasteiger partial charge in [-0.25, -0.2) is 8.78 Å². The van der Waals surface area contributed by atoms with Crippen LogP contribution in [0.2, 0.25) is 5.02 Å². The SMILES string of the molecule is O=C(O)[C@@H](C[C@H](CCc1cn[nH]n1)Cc1ccc(-c2cc(Cl)ccc2F)cc1)CN1CC(F)C1. The van der Waals surface area contributed by atoms with Gasteiger partial charge in [-0.3, -0.25) is 9.69 Å². The third-order valence-corrected chi connectivity index (χ3v) is 6.58. The maximum Gasteiger partial charge on any atom is 0.307 e. The molecule has 6 nitrogen and oxygen atoms in total. The molecule has 0 unspecified atom stereocenters. The molecule has 2 atom stereocenters. The fourth-order valence-electron chi connectivity index (χ4n) is 4.50. The van der Waals surface area contributed by atoms with Crippen LogP contribution >= 0.6 is 11.6 Å². The summed E-state index contributed by atoms with van der Waals surface area (Å²) in [7, 11) is 0. The van der Waals surface area contributed by atoms with Gasteiger partial charge in [-0.2, -0.15) is 15.4 Å². The molecule has 0 bridgehead atoms. The molecule has 1 aliphatic heterocycles. The lowest BCUT2D eigenvalue weighted by Crippen LogP contribution is -2.51. The smallest absolute Gasteiger partial charge is 0.307 e. The van der Waals surface area contributed by atoms with Gasteiger partial charge in [0.15, 0.2) is 0 Å². The Kier molecular flexibility index (Phi) is 7.90. The van der Waals surface area contributed by atoms with E-state index in [9.17, 15) is 18.7 Å². The van der Waals surface area contributed by atoms with Crippen molar-refractivity contribution in [2.24, 2.45) is 11.8 Å². The number of rotatable bonds is 11. The number of alkyl halides is 1. The van der Waals surface area contributed by atoms with Crippen molar-refractivity contribution < 1.29 is 18.7 Å². The summed E-state index contributed by atoms with van der Waals surface area (Å²) < 4.78 is 27.4. The van der Waals surface area contributed by atoms with Gasteiger partial charge in [0.25, 0.3) is 0 Å². The molecule has 34 heavy (non-hydrogen) atoms. The van der Waals surface area contributed by atoms with Crippen molar-refractivity contribution in [3.8, 4) is 11.1 Å². The van der Waals surface area contributed by atoms with E-state index in [1.165, 1.54) is 12.1 Å². The second-order valence-electron chi connectivity index (χ2n) is 8.98. The first-order chi connectivity index (χ1) is 16.4. The minimum Gasteiger partial charge on any atom is -0.481 e. The fraction of sp³-hybridized carbons (Fsp3) is 0.400. The van der Waals surface area contributed by atoms with Crippen molar-refractivity contribution in [3.63, 3.8) is 0 Å². The number of H-pyrrole nitrogens is 1. The Balaban J connectivity index is 1.46. The Morgan fingerprint density at radius 1 is 1.24 bits per heavy atom. The van der Waals surface area contributed by atoms with E-state index < -0.39 is 18.1 Å². The Morgan fingerprint density at radius 2 is 2.00 bits per heavy atom. The first kappa shape index (κ1) is 24.3. The maximum absolute atomic E-state index is 14.2. The molecule has 1 saturated heterocycles. The third-order valence-electron chi connectivity index (χ3n) is 6.35. The summed E-state index contributed by atoms with van der Waals surface area (Å²) in [6.07, 6.45) is 3.38. The van der Waals surface area contributed by atoms with Crippen LogP contribution in [0.1, 0.15) is 24.1 Å². The van der Waals surface area contributed by atoms with Crippen molar-refractivity contribution in [1.29, 1.82) is 0 Å². The number of hydrogen-bond acceptors (Lipinski definition) is 4. The molecule has 0 saturated carbocycles. The monoisotopic (exact) mass is 488 g/mol. The largest absolute Gasteiger partial charge is 0.481 e. The lowest BCUT2D eigenvalue weighted by atomic mass is 9.85. The highest BCUT2D eigenvalue weighted by Gasteiger charge is 2.32. The summed E-state index contributed by atoms with van der Waals surface area (Å²) in [5, 5.41) is 20.8. The van der Waals surface area contributed by atoms with Gasteiger partial charge in [-0.1, -0.05) is 35.9 Å². The lowest BCUT2D eigenvalue weighted by Gasteiger charge is -2.36. The number of carbonyl (C=O) groups is 1. The van der Waals surface area contributed by atoms with Crippen LogP contribution in [0.5, 0.6) is 0 Å². The van der Waals surface area contributed by atoms with E-state index in [4.69, 9.17) is 11.6 Å². The van der Waals surface area contributed by atoms with Gasteiger partial charge in [0.1, 0.15) is 12.0 Å². The number of carboxylic acid groups (broad SMARTS) is 1. The second-order valence-corrected chi connectivity index (χ2v) is 9.41. The molecule has 2 aromatic carbocycles. The van der Waals surface area contributed by atoms with Gasteiger partial charge >= 0.3 is 5.97 Å². The number of likely N-dealkylation sites (tertiary alicyclic amines) is 1. The molecule has 2 N–H and O–H groups in total. The molecule has 1 fully saturated rings. The van der Waals surface area contributed by atoms with E-state index in [0.29, 0.717) is 49.5 Å². The number of aromatic nitrogens is 3. The zero-order valence-electron chi connectivity index (χ0n) is 18.6. The number of benzene rings is 2. The second kappa shape index (κ2) is 11.1. The third kappa shape index (κ3) is 6.39. The molecule has 1 aliphatic rings. The quantitative estimate of drug-likeness (QED) is 0.405. The van der Waals surface area contributed by atoms with Gasteiger partial charge in [0, 0.05) is 30.2 Å². The fourth-order valence-corrected chi connectivity index (χ4v) is 4.67. The summed E-state index contributed by atoms with van der Waals surface area (Å²) in [4.78, 5) is 13.8. The normalized spacial score (nSPS) is 16.2. The van der Waals surface area contributed by atoms with Crippen molar-refractivity contribution >= 4 is 17.6 Å². The van der Waals surface area contributed by atoms with E-state index in [2.05, 4.69) is 15.4 Å². The number of aromatic amines is 1. The molecule has 1 aromatic heterocycles. The average Bonchev–Trinajstić information content (AvgIpc) is 3.31. The summed E-state index contributed by atoms with van der Waals surface area (Å²) in [5.74, 6) is -1.70. The number of carboxylic acids is 1. The molecular weight excluding hydrogens is 462 g/mol. The first-order valence-electron chi connectivity index (χ1n) is 11.4. The van der Waals surface area contributed by atoms with Crippen molar-refractivity contribution in [3.05, 3.63) is 70.8 Å². The molecule has 9 heteroatoms. The van der Waals surface area contributed by atoms with Crippen molar-refractivity contribution in [1.82, 2.24) is 20.3 Å². The zero-order valence-corrected chi connectivity index (χ0v) is 19.4. The molecule has 0 radical (unpaired) electrons. The van der Waals surface area contributed by atoms with E-state index in [-0.39, 0.29) is 11.7 Å². The van der Waals surface area contributed by atoms with Crippen LogP contribution in [-0.2, 0) is 17.6 Å². The first-order valence-corrected chi connectivity index (χ1v) is 11.7. The number of nitrogens with one attached hydrogen (secondary N) is 1. The average molecular weight is 489 g/mol. The number of aryl methyl sites for hydroxylation is 1. The minimum atomic E-state index is -0.861. The number of aliphatic carboxylic acids is 1. The molecule has 3 aromatic rings. The molecule has 4 rings (SSSR count). The topological polar surface area (TPSA) is 82.1 Å². The minimum absolute atomic E-state index is 0.0778. The van der Waals surface area contributed by atoms with Gasteiger partial charge < -0.3 is 5.11 Å². The lowest BCUT2D eigenvalue weighted by molar-refractivity contribution is -0.144. The van der Waals surface area contributed by atoms with Crippen LogP contribution in [0.15, 0.2) is 48.7 Å². The summed E-state index contributed by atoms with van der Waals surface area (Å²) in [6.45, 7) is 0.951. The number of halogens is 3. The van der Waals surface area contributed by atoms with Gasteiger partial charge in [-0.15, -0.1) is 0 Å². The highest BCUT2D eigenvalue weighted by atomic mass is 35.5. The standard InChI is InChI=1S/C25H27ClF2N4O2/c26-20-6-8-24(28)23(11-20)18-4-1-16(2-5-18)9-17(3-7-22-12-29-31-30-22)10-19(25(33)34)13-32-14-21(27)15-32/h1-2,4-6,8,11-12,17,19,21H,3,7,9-10,13-15H2,(H,33,34)(H,29,30,31)/t17-,19+/m1/s1. The number of hydrogen-bond donors (Lipinski definition) is 2. The summed E-state index contributed by atoms with van der Waals surface area (Å²) >= 11 is 6.03. The van der Waals surface area contributed by atoms with Crippen LogP contribution < -0.4 is 0 Å². The van der Waals surface area contributed by atoms with Crippen LogP contribution in [0.3, 0.4) is 0 Å². The molecule has 2 heterocycles. The summed E-state index contributed by atoms with van der Waals surface area (Å²) in [5.41, 5.74) is 3.03. The van der Waals surface area contributed by atoms with Crippen molar-refractivity contribution in [2.75, 3.05) is 19.6 Å². The predicted octanol–water partition coefficient (Wildman–Crippen LogP) is 4.80. The Labute approximate surface area is 201 Å². The molecule has 0 aliphatic carbocycles. The molecule has 0 spiro atoms. The van der Waals surface area contributed by atoms with Crippen LogP contribution in [0.25, 0.3) is 11.1 Å². The van der Waals surface area contributed by atoms with Crippen molar-refractivity contribution in [2.45, 2.75) is 31.9 Å². The van der Waals surface area contributed by atoms with E-state index in [1.54, 1.807) is 12.3 Å². The zero-order chi connectivity index (χ0) is 24.1. The maximum atomic E-state index is 14.2. The van der Waals surface area contributed by atoms with E-state index in [0.717, 1.165) is 23.2 Å². The highest BCUT2D eigenvalue weighted by Crippen LogP contribution is 2.29. The van der Waals surface area contributed by atoms with E-state index in [1.807, 2.05) is 29.2 Å². The molecule has 180 valence electrons. The Bertz CT molecular complexity index is 1090. The summed E-state index contributed by atoms with van der Waals surface area (Å²) in [6, 6.07) is 12.1. The van der Waals surface area contributed by atoms with Gasteiger partial charge in [-0.05, 0) is 60.9 Å². The van der Waals surface area contributed by atoms with Gasteiger partial charge in [0.05, 0.1) is 17.8 Å². The Morgan fingerprint density at radius 3 is 2.65 bits per heavy atom. The Hall–Kier alpha value is -2.84. The van der Waals surface area contributed by atoms with Gasteiger partial charge in [0.2, 0.25) is 0 Å². The molecule has 0 amide bonds.